The number of nitrogens with zero attached hydrogens (tertiary/aromatic N) is 2. The standard InChI is InChI=1S/C16H12BrClN4OS/c17-11-6-4-10(5-7-11)15-20-16(22-21-15)24-9-14(23)19-13-3-1-2-12(18)8-13/h1-8H,9H2,(H,19,23)(H,20,21,22). The first-order valence-electron chi connectivity index (χ1n) is 6.97. The zero-order chi connectivity index (χ0) is 16.9. The fourth-order valence-corrected chi connectivity index (χ4v) is 2.99. The molecule has 0 saturated carbocycles. The normalized spacial score (nSPS) is 10.6. The molecule has 0 aliphatic heterocycles. The third-order valence-electron chi connectivity index (χ3n) is 3.02. The molecule has 1 aromatic heterocycles. The van der Waals surface area contributed by atoms with E-state index in [9.17, 15) is 4.79 Å². The minimum atomic E-state index is -0.141. The van der Waals surface area contributed by atoms with Gasteiger partial charge in [-0.05, 0) is 30.3 Å². The predicted octanol–water partition coefficient (Wildman–Crippen LogP) is 4.62. The van der Waals surface area contributed by atoms with Gasteiger partial charge in [-0.1, -0.05) is 57.5 Å². The Kier molecular flexibility index (Phi) is 5.55. The van der Waals surface area contributed by atoms with Crippen LogP contribution in [-0.4, -0.2) is 26.8 Å². The Morgan fingerprint density at radius 2 is 2.04 bits per heavy atom. The molecule has 0 spiro atoms. The molecule has 2 aromatic carbocycles. The first kappa shape index (κ1) is 17.0. The summed E-state index contributed by atoms with van der Waals surface area (Å²) in [5, 5.41) is 10.9. The monoisotopic (exact) mass is 422 g/mol. The molecule has 2 N–H and O–H groups in total. The fraction of sp³-hybridized carbons (Fsp3) is 0.0625. The van der Waals surface area contributed by atoms with Gasteiger partial charge in [0.05, 0.1) is 5.75 Å². The molecule has 0 bridgehead atoms. The van der Waals surface area contributed by atoms with Crippen molar-refractivity contribution in [1.29, 1.82) is 0 Å². The molecule has 0 saturated heterocycles. The van der Waals surface area contributed by atoms with Crippen LogP contribution in [-0.2, 0) is 4.79 Å². The lowest BCUT2D eigenvalue weighted by Crippen LogP contribution is -2.14. The first-order chi connectivity index (χ1) is 11.6. The van der Waals surface area contributed by atoms with E-state index < -0.39 is 0 Å². The highest BCUT2D eigenvalue weighted by molar-refractivity contribution is 9.10. The number of hydrogen-bond acceptors (Lipinski definition) is 4. The van der Waals surface area contributed by atoms with Crippen molar-refractivity contribution in [2.75, 3.05) is 11.1 Å². The third kappa shape index (κ3) is 4.59. The van der Waals surface area contributed by atoms with Crippen LogP contribution in [0.2, 0.25) is 5.02 Å². The number of nitrogens with one attached hydrogen (secondary N) is 2. The second-order valence-electron chi connectivity index (χ2n) is 4.82. The summed E-state index contributed by atoms with van der Waals surface area (Å²) in [5.41, 5.74) is 1.60. The number of rotatable bonds is 5. The van der Waals surface area contributed by atoms with Crippen LogP contribution < -0.4 is 5.32 Å². The minimum Gasteiger partial charge on any atom is -0.325 e. The van der Waals surface area contributed by atoms with Gasteiger partial charge in [-0.3, -0.25) is 9.89 Å². The van der Waals surface area contributed by atoms with Crippen LogP contribution in [0, 0.1) is 0 Å². The second kappa shape index (κ2) is 7.83. The molecule has 24 heavy (non-hydrogen) atoms. The lowest BCUT2D eigenvalue weighted by atomic mass is 10.2. The number of halogens is 2. The van der Waals surface area contributed by atoms with E-state index in [2.05, 4.69) is 36.4 Å². The summed E-state index contributed by atoms with van der Waals surface area (Å²) in [5.74, 6) is 0.738. The van der Waals surface area contributed by atoms with E-state index in [0.29, 0.717) is 21.7 Å². The molecule has 0 unspecified atom stereocenters. The van der Waals surface area contributed by atoms with Crippen molar-refractivity contribution in [1.82, 2.24) is 15.2 Å². The third-order valence-corrected chi connectivity index (χ3v) is 4.63. The lowest BCUT2D eigenvalue weighted by Gasteiger charge is -2.04. The average Bonchev–Trinajstić information content (AvgIpc) is 3.03. The van der Waals surface area contributed by atoms with Gasteiger partial charge in [-0.2, -0.15) is 0 Å². The quantitative estimate of drug-likeness (QED) is 0.588. The smallest absolute Gasteiger partial charge is 0.234 e. The van der Waals surface area contributed by atoms with Gasteiger partial charge in [0.1, 0.15) is 0 Å². The maximum absolute atomic E-state index is 12.0. The van der Waals surface area contributed by atoms with E-state index in [1.54, 1.807) is 24.3 Å². The summed E-state index contributed by atoms with van der Waals surface area (Å²) in [7, 11) is 0. The van der Waals surface area contributed by atoms with Crippen LogP contribution in [0.1, 0.15) is 0 Å². The summed E-state index contributed by atoms with van der Waals surface area (Å²) >= 11 is 10.5. The molecule has 3 aromatic rings. The molecular weight excluding hydrogens is 412 g/mol. The first-order valence-corrected chi connectivity index (χ1v) is 9.12. The number of H-pyrrole nitrogens is 1. The molecule has 0 radical (unpaired) electrons. The molecule has 1 amide bonds. The number of carbonyl (C=O) groups excluding carboxylic acids is 1. The highest BCUT2D eigenvalue weighted by Crippen LogP contribution is 2.21. The van der Waals surface area contributed by atoms with Crippen LogP contribution in [0.5, 0.6) is 0 Å². The Morgan fingerprint density at radius 1 is 1.25 bits per heavy atom. The van der Waals surface area contributed by atoms with Gasteiger partial charge in [0.25, 0.3) is 0 Å². The van der Waals surface area contributed by atoms with Gasteiger partial charge in [-0.15, -0.1) is 5.10 Å². The highest BCUT2D eigenvalue weighted by atomic mass is 79.9. The Hall–Kier alpha value is -1.83. The summed E-state index contributed by atoms with van der Waals surface area (Å²) in [4.78, 5) is 16.3. The highest BCUT2D eigenvalue weighted by Gasteiger charge is 2.09. The fourth-order valence-electron chi connectivity index (χ4n) is 1.94. The maximum Gasteiger partial charge on any atom is 0.234 e. The Labute approximate surface area is 156 Å². The number of thioether (sulfide) groups is 1. The zero-order valence-corrected chi connectivity index (χ0v) is 15.5. The Morgan fingerprint density at radius 3 is 2.79 bits per heavy atom. The second-order valence-corrected chi connectivity index (χ2v) is 7.12. The molecule has 1 heterocycles. The molecule has 0 fully saturated rings. The van der Waals surface area contributed by atoms with E-state index >= 15 is 0 Å². The van der Waals surface area contributed by atoms with E-state index in [-0.39, 0.29) is 11.7 Å². The van der Waals surface area contributed by atoms with Gasteiger partial charge >= 0.3 is 0 Å². The van der Waals surface area contributed by atoms with E-state index in [1.165, 1.54) is 11.8 Å². The minimum absolute atomic E-state index is 0.141. The van der Waals surface area contributed by atoms with Crippen LogP contribution in [0.15, 0.2) is 58.2 Å². The van der Waals surface area contributed by atoms with Crippen LogP contribution in [0.25, 0.3) is 11.4 Å². The molecule has 0 aliphatic carbocycles. The van der Waals surface area contributed by atoms with Crippen LogP contribution >= 0.6 is 39.3 Å². The van der Waals surface area contributed by atoms with Crippen molar-refractivity contribution in [2.45, 2.75) is 5.16 Å². The van der Waals surface area contributed by atoms with Crippen molar-refractivity contribution in [3.8, 4) is 11.4 Å². The van der Waals surface area contributed by atoms with Crippen molar-refractivity contribution >= 4 is 50.9 Å². The SMILES string of the molecule is O=C(CSc1n[nH]c(-c2ccc(Br)cc2)n1)Nc1cccc(Cl)c1. The Bertz CT molecular complexity index is 853. The van der Waals surface area contributed by atoms with E-state index in [0.717, 1.165) is 10.0 Å². The molecule has 0 aliphatic rings. The number of aromatic nitrogens is 3. The molecule has 122 valence electrons. The van der Waals surface area contributed by atoms with Crippen LogP contribution in [0.3, 0.4) is 0 Å². The van der Waals surface area contributed by atoms with Gasteiger partial charge < -0.3 is 5.32 Å². The number of anilines is 1. The van der Waals surface area contributed by atoms with Crippen molar-refractivity contribution in [3.63, 3.8) is 0 Å². The molecule has 5 nitrogen and oxygen atoms in total. The predicted molar refractivity (Wildman–Crippen MR) is 100 cm³/mol. The van der Waals surface area contributed by atoms with Crippen LogP contribution in [0.4, 0.5) is 5.69 Å². The number of carbonyl (C=O) groups is 1. The number of aromatic amines is 1. The largest absolute Gasteiger partial charge is 0.325 e. The number of benzene rings is 2. The molecular formula is C16H12BrClN4OS. The Balaban J connectivity index is 1.57. The van der Waals surface area contributed by atoms with E-state index in [1.807, 2.05) is 24.3 Å². The van der Waals surface area contributed by atoms with Crippen molar-refractivity contribution in [3.05, 3.63) is 58.0 Å². The molecule has 8 heteroatoms. The molecule has 3 rings (SSSR count). The van der Waals surface area contributed by atoms with Crippen molar-refractivity contribution < 1.29 is 4.79 Å². The average molecular weight is 424 g/mol. The topological polar surface area (TPSA) is 70.7 Å². The maximum atomic E-state index is 12.0. The van der Waals surface area contributed by atoms with Crippen molar-refractivity contribution in [2.24, 2.45) is 0 Å². The number of hydrogen-bond donors (Lipinski definition) is 2. The van der Waals surface area contributed by atoms with Gasteiger partial charge in [0.2, 0.25) is 11.1 Å². The summed E-state index contributed by atoms with van der Waals surface area (Å²) < 4.78 is 0.998. The summed E-state index contributed by atoms with van der Waals surface area (Å²) in [6.07, 6.45) is 0. The van der Waals surface area contributed by atoms with Gasteiger partial charge in [0.15, 0.2) is 5.82 Å². The summed E-state index contributed by atoms with van der Waals surface area (Å²) in [6.45, 7) is 0. The zero-order valence-electron chi connectivity index (χ0n) is 12.3. The summed E-state index contributed by atoms with van der Waals surface area (Å²) in [6, 6.07) is 14.8. The number of amides is 1. The van der Waals surface area contributed by atoms with Gasteiger partial charge in [0, 0.05) is 20.7 Å². The van der Waals surface area contributed by atoms with E-state index in [4.69, 9.17) is 11.6 Å². The lowest BCUT2D eigenvalue weighted by molar-refractivity contribution is -0.113. The molecule has 0 atom stereocenters. The van der Waals surface area contributed by atoms with Gasteiger partial charge in [-0.25, -0.2) is 4.98 Å².